The Kier molecular flexibility index (Phi) is 4.87. The summed E-state index contributed by atoms with van der Waals surface area (Å²) in [5.74, 6) is 0. The SMILES string of the molecule is O[C@@H]1[C@H](O)[C@@H](O)O[C@@H]1[C@H](O)CON1CCOCC1. The lowest BCUT2D eigenvalue weighted by molar-refractivity contribution is -0.224. The molecular formula is C10H19NO7. The average molecular weight is 265 g/mol. The van der Waals surface area contributed by atoms with Gasteiger partial charge >= 0.3 is 0 Å². The maximum absolute atomic E-state index is 9.80. The van der Waals surface area contributed by atoms with Crippen LogP contribution in [0.4, 0.5) is 0 Å². The Labute approximate surface area is 104 Å². The average Bonchev–Trinajstić information content (AvgIpc) is 2.65. The van der Waals surface area contributed by atoms with E-state index in [1.54, 1.807) is 5.06 Å². The molecule has 0 radical (unpaired) electrons. The van der Waals surface area contributed by atoms with Gasteiger partial charge in [-0.3, -0.25) is 4.84 Å². The first kappa shape index (κ1) is 14.1. The number of ether oxygens (including phenoxy) is 2. The third kappa shape index (κ3) is 3.16. The number of hydroxylamine groups is 2. The molecular weight excluding hydrogens is 246 g/mol. The molecule has 0 aliphatic carbocycles. The third-order valence-electron chi connectivity index (χ3n) is 3.05. The minimum atomic E-state index is -1.48. The van der Waals surface area contributed by atoms with Crippen LogP contribution in [0.5, 0.6) is 0 Å². The lowest BCUT2D eigenvalue weighted by atomic mass is 10.1. The van der Waals surface area contributed by atoms with Gasteiger partial charge in [-0.25, -0.2) is 0 Å². The van der Waals surface area contributed by atoms with Gasteiger partial charge in [0.25, 0.3) is 0 Å². The van der Waals surface area contributed by atoms with E-state index in [4.69, 9.17) is 14.3 Å². The molecule has 0 aromatic heterocycles. The van der Waals surface area contributed by atoms with Crippen molar-refractivity contribution in [3.05, 3.63) is 0 Å². The van der Waals surface area contributed by atoms with E-state index in [0.29, 0.717) is 26.3 Å². The number of aliphatic hydroxyl groups excluding tert-OH is 4. The van der Waals surface area contributed by atoms with Crippen molar-refractivity contribution in [2.24, 2.45) is 0 Å². The maximum atomic E-state index is 9.80. The Bertz CT molecular complexity index is 261. The minimum Gasteiger partial charge on any atom is -0.388 e. The fourth-order valence-corrected chi connectivity index (χ4v) is 1.96. The highest BCUT2D eigenvalue weighted by Gasteiger charge is 2.45. The first-order valence-electron chi connectivity index (χ1n) is 5.93. The molecule has 2 rings (SSSR count). The first-order chi connectivity index (χ1) is 8.59. The van der Waals surface area contributed by atoms with Crippen LogP contribution in [0, 0.1) is 0 Å². The van der Waals surface area contributed by atoms with Crippen LogP contribution in [0.15, 0.2) is 0 Å². The monoisotopic (exact) mass is 265 g/mol. The molecule has 2 aliphatic rings. The fraction of sp³-hybridized carbons (Fsp3) is 1.00. The Morgan fingerprint density at radius 3 is 2.39 bits per heavy atom. The van der Waals surface area contributed by atoms with Gasteiger partial charge in [-0.05, 0) is 0 Å². The van der Waals surface area contributed by atoms with Crippen LogP contribution < -0.4 is 0 Å². The number of rotatable bonds is 4. The molecule has 0 aromatic carbocycles. The molecule has 5 atom stereocenters. The highest BCUT2D eigenvalue weighted by Crippen LogP contribution is 2.22. The molecule has 2 fully saturated rings. The van der Waals surface area contributed by atoms with Crippen LogP contribution in [0.25, 0.3) is 0 Å². The van der Waals surface area contributed by atoms with Gasteiger partial charge in [0, 0.05) is 13.1 Å². The first-order valence-corrected chi connectivity index (χ1v) is 5.93. The van der Waals surface area contributed by atoms with Gasteiger partial charge in [-0.15, -0.1) is 0 Å². The summed E-state index contributed by atoms with van der Waals surface area (Å²) < 4.78 is 10.0. The van der Waals surface area contributed by atoms with Crippen molar-refractivity contribution >= 4 is 0 Å². The minimum absolute atomic E-state index is 0.0822. The lowest BCUT2D eigenvalue weighted by Gasteiger charge is -2.28. The summed E-state index contributed by atoms with van der Waals surface area (Å²) in [6.45, 7) is 2.26. The van der Waals surface area contributed by atoms with Crippen molar-refractivity contribution in [2.75, 3.05) is 32.9 Å². The van der Waals surface area contributed by atoms with Crippen molar-refractivity contribution in [3.63, 3.8) is 0 Å². The Balaban J connectivity index is 1.75. The molecule has 18 heavy (non-hydrogen) atoms. The predicted molar refractivity (Wildman–Crippen MR) is 57.2 cm³/mol. The zero-order valence-electron chi connectivity index (χ0n) is 9.88. The van der Waals surface area contributed by atoms with Crippen molar-refractivity contribution in [2.45, 2.75) is 30.7 Å². The number of morpholine rings is 1. The number of nitrogens with zero attached hydrogens (tertiary/aromatic N) is 1. The largest absolute Gasteiger partial charge is 0.388 e. The molecule has 4 N–H and O–H groups in total. The molecule has 106 valence electrons. The zero-order chi connectivity index (χ0) is 13.1. The quantitative estimate of drug-likeness (QED) is 0.427. The number of hydrogen-bond donors (Lipinski definition) is 4. The van der Waals surface area contributed by atoms with E-state index in [9.17, 15) is 20.4 Å². The van der Waals surface area contributed by atoms with Crippen LogP contribution in [-0.2, 0) is 14.3 Å². The smallest absolute Gasteiger partial charge is 0.184 e. The fourth-order valence-electron chi connectivity index (χ4n) is 1.96. The molecule has 0 aromatic rings. The Morgan fingerprint density at radius 2 is 1.83 bits per heavy atom. The zero-order valence-corrected chi connectivity index (χ0v) is 9.88. The van der Waals surface area contributed by atoms with Crippen LogP contribution in [0.1, 0.15) is 0 Å². The summed E-state index contributed by atoms with van der Waals surface area (Å²) >= 11 is 0. The van der Waals surface area contributed by atoms with Crippen LogP contribution in [0.3, 0.4) is 0 Å². The van der Waals surface area contributed by atoms with Crippen molar-refractivity contribution in [3.8, 4) is 0 Å². The van der Waals surface area contributed by atoms with Crippen molar-refractivity contribution in [1.82, 2.24) is 5.06 Å². The summed E-state index contributed by atoms with van der Waals surface area (Å²) in [6, 6.07) is 0. The summed E-state index contributed by atoms with van der Waals surface area (Å²) in [5.41, 5.74) is 0. The second-order valence-electron chi connectivity index (χ2n) is 4.38. The summed E-state index contributed by atoms with van der Waals surface area (Å²) in [5, 5.41) is 39.5. The van der Waals surface area contributed by atoms with E-state index < -0.39 is 30.7 Å². The van der Waals surface area contributed by atoms with Gasteiger partial charge in [-0.1, -0.05) is 0 Å². The standard InChI is InChI=1S/C10H19NO7/c12-6(5-17-11-1-3-16-4-2-11)9-7(13)8(14)10(15)18-9/h6-10,12-15H,1-5H2/t6-,7-,8+,9-,10+/m1/s1. The van der Waals surface area contributed by atoms with E-state index in [2.05, 4.69) is 0 Å². The summed E-state index contributed by atoms with van der Waals surface area (Å²) in [6.07, 6.45) is -6.41. The van der Waals surface area contributed by atoms with Gasteiger partial charge in [0.15, 0.2) is 6.29 Å². The molecule has 2 aliphatic heterocycles. The van der Waals surface area contributed by atoms with Crippen LogP contribution >= 0.6 is 0 Å². The Morgan fingerprint density at radius 1 is 1.17 bits per heavy atom. The van der Waals surface area contributed by atoms with Crippen molar-refractivity contribution < 1.29 is 34.7 Å². The molecule has 8 heteroatoms. The van der Waals surface area contributed by atoms with Gasteiger partial charge in [0.05, 0.1) is 19.8 Å². The van der Waals surface area contributed by atoms with E-state index in [1.807, 2.05) is 0 Å². The highest BCUT2D eigenvalue weighted by molar-refractivity contribution is 4.89. The summed E-state index contributed by atoms with van der Waals surface area (Å²) in [7, 11) is 0. The van der Waals surface area contributed by atoms with Crippen LogP contribution in [-0.4, -0.2) is 89.1 Å². The van der Waals surface area contributed by atoms with E-state index in [1.165, 1.54) is 0 Å². The molecule has 8 nitrogen and oxygen atoms in total. The van der Waals surface area contributed by atoms with Gasteiger partial charge < -0.3 is 29.9 Å². The predicted octanol–water partition coefficient (Wildman–Crippen LogP) is -2.95. The molecule has 0 spiro atoms. The van der Waals surface area contributed by atoms with Crippen LogP contribution in [0.2, 0.25) is 0 Å². The second-order valence-corrected chi connectivity index (χ2v) is 4.38. The van der Waals surface area contributed by atoms with Gasteiger partial charge in [-0.2, -0.15) is 5.06 Å². The topological polar surface area (TPSA) is 112 Å². The van der Waals surface area contributed by atoms with Gasteiger partial charge in [0.2, 0.25) is 0 Å². The van der Waals surface area contributed by atoms with E-state index in [-0.39, 0.29) is 6.61 Å². The van der Waals surface area contributed by atoms with E-state index in [0.717, 1.165) is 0 Å². The number of hydrogen-bond acceptors (Lipinski definition) is 8. The molecule has 0 amide bonds. The molecule has 0 saturated carbocycles. The van der Waals surface area contributed by atoms with Gasteiger partial charge in [0.1, 0.15) is 24.4 Å². The molecule has 0 bridgehead atoms. The molecule has 2 saturated heterocycles. The maximum Gasteiger partial charge on any atom is 0.184 e. The van der Waals surface area contributed by atoms with E-state index >= 15 is 0 Å². The normalized spacial score (nSPS) is 40.0. The lowest BCUT2D eigenvalue weighted by Crippen LogP contribution is -2.44. The number of aliphatic hydroxyl groups is 4. The van der Waals surface area contributed by atoms with Crippen molar-refractivity contribution in [1.29, 1.82) is 0 Å². The highest BCUT2D eigenvalue weighted by atomic mass is 16.7. The molecule has 0 unspecified atom stereocenters. The second kappa shape index (κ2) is 6.22. The summed E-state index contributed by atoms with van der Waals surface area (Å²) in [4.78, 5) is 5.32. The molecule has 2 heterocycles. The Hall–Kier alpha value is -0.320. The third-order valence-corrected chi connectivity index (χ3v) is 3.05.